The maximum Gasteiger partial charge on any atom is 0.422 e. The Morgan fingerprint density at radius 2 is 1.77 bits per heavy atom. The first kappa shape index (κ1) is 19.7. The van der Waals surface area contributed by atoms with Gasteiger partial charge in [0.1, 0.15) is 23.2 Å². The number of hydrogen-bond acceptors (Lipinski definition) is 4. The van der Waals surface area contributed by atoms with Crippen LogP contribution in [0.2, 0.25) is 0 Å². The molecule has 0 fully saturated rings. The Morgan fingerprint density at radius 3 is 2.47 bits per heavy atom. The van der Waals surface area contributed by atoms with Crippen LogP contribution in [-0.2, 0) is 6.54 Å². The molecule has 1 amide bonds. The molecule has 0 atom stereocenters. The lowest BCUT2D eigenvalue weighted by molar-refractivity contribution is -0.153. The zero-order valence-corrected chi connectivity index (χ0v) is 15.1. The zero-order valence-electron chi connectivity index (χ0n) is 15.1. The summed E-state index contributed by atoms with van der Waals surface area (Å²) >= 11 is 0. The van der Waals surface area contributed by atoms with Gasteiger partial charge in [0.05, 0.1) is 18.4 Å². The van der Waals surface area contributed by atoms with Crippen LogP contribution in [-0.4, -0.2) is 28.7 Å². The number of rotatable bonds is 4. The highest BCUT2D eigenvalue weighted by molar-refractivity contribution is 6.10. The molecular weight excluding hydrogens is 409 g/mol. The van der Waals surface area contributed by atoms with E-state index in [1.807, 2.05) is 0 Å². The van der Waals surface area contributed by atoms with E-state index in [9.17, 15) is 26.7 Å². The Bertz CT molecular complexity index is 1120. The molecule has 2 aromatic heterocycles. The normalized spacial score (nSPS) is 13.5. The van der Waals surface area contributed by atoms with E-state index < -0.39 is 30.3 Å². The van der Waals surface area contributed by atoms with Crippen LogP contribution in [0.25, 0.3) is 11.3 Å². The van der Waals surface area contributed by atoms with Crippen LogP contribution in [0.1, 0.15) is 15.9 Å². The van der Waals surface area contributed by atoms with Crippen molar-refractivity contribution in [1.29, 1.82) is 0 Å². The average Bonchev–Trinajstić information content (AvgIpc) is 3.04. The second-order valence-electron chi connectivity index (χ2n) is 6.46. The number of nitrogens with zero attached hydrogens (tertiary/aromatic N) is 3. The number of alkyl halides is 3. The van der Waals surface area contributed by atoms with Crippen molar-refractivity contribution < 1.29 is 31.5 Å². The van der Waals surface area contributed by atoms with Crippen LogP contribution < -0.4 is 9.64 Å². The van der Waals surface area contributed by atoms with Gasteiger partial charge in [0.25, 0.3) is 5.91 Å². The molecule has 10 heteroatoms. The SMILES string of the molecule is O=C1c2ccnc(-c3ccc(F)cc3OCC(F)(F)F)c2CN1c1ccc(F)cn1. The Labute approximate surface area is 166 Å². The molecule has 5 nitrogen and oxygen atoms in total. The molecule has 0 unspecified atom stereocenters. The summed E-state index contributed by atoms with van der Waals surface area (Å²) in [6, 6.07) is 7.09. The molecule has 0 spiro atoms. The molecule has 1 aliphatic rings. The zero-order chi connectivity index (χ0) is 21.5. The summed E-state index contributed by atoms with van der Waals surface area (Å²) in [5.74, 6) is -1.91. The lowest BCUT2D eigenvalue weighted by Gasteiger charge is -2.15. The van der Waals surface area contributed by atoms with Gasteiger partial charge in [-0.3, -0.25) is 14.7 Å². The third-order valence-electron chi connectivity index (χ3n) is 4.43. The highest BCUT2D eigenvalue weighted by Crippen LogP contribution is 2.37. The van der Waals surface area contributed by atoms with Gasteiger partial charge in [0.15, 0.2) is 6.61 Å². The molecule has 3 heterocycles. The number of aromatic nitrogens is 2. The number of halogens is 5. The fourth-order valence-corrected chi connectivity index (χ4v) is 3.14. The third-order valence-corrected chi connectivity index (χ3v) is 4.43. The van der Waals surface area contributed by atoms with Crippen LogP contribution in [0.4, 0.5) is 27.8 Å². The van der Waals surface area contributed by atoms with Gasteiger partial charge >= 0.3 is 6.18 Å². The van der Waals surface area contributed by atoms with Crippen molar-refractivity contribution in [3.05, 3.63) is 71.6 Å². The molecule has 0 bridgehead atoms. The van der Waals surface area contributed by atoms with Crippen molar-refractivity contribution in [2.75, 3.05) is 11.5 Å². The molecule has 0 aliphatic carbocycles. The molecule has 1 aliphatic heterocycles. The van der Waals surface area contributed by atoms with E-state index in [0.29, 0.717) is 5.56 Å². The summed E-state index contributed by atoms with van der Waals surface area (Å²) in [6.45, 7) is -1.60. The molecule has 30 heavy (non-hydrogen) atoms. The molecule has 0 saturated heterocycles. The average molecular weight is 421 g/mol. The van der Waals surface area contributed by atoms with Gasteiger partial charge in [-0.15, -0.1) is 0 Å². The summed E-state index contributed by atoms with van der Waals surface area (Å²) in [7, 11) is 0. The van der Waals surface area contributed by atoms with Crippen molar-refractivity contribution in [3.63, 3.8) is 0 Å². The van der Waals surface area contributed by atoms with E-state index >= 15 is 0 Å². The van der Waals surface area contributed by atoms with Crippen molar-refractivity contribution in [2.45, 2.75) is 12.7 Å². The first-order valence-electron chi connectivity index (χ1n) is 8.64. The van der Waals surface area contributed by atoms with Gasteiger partial charge in [0, 0.05) is 29.0 Å². The van der Waals surface area contributed by atoms with E-state index in [2.05, 4.69) is 9.97 Å². The minimum Gasteiger partial charge on any atom is -0.483 e. The molecule has 0 N–H and O–H groups in total. The molecule has 0 saturated carbocycles. The maximum atomic E-state index is 13.7. The third kappa shape index (κ3) is 3.80. The highest BCUT2D eigenvalue weighted by atomic mass is 19.4. The van der Waals surface area contributed by atoms with E-state index in [-0.39, 0.29) is 34.9 Å². The predicted octanol–water partition coefficient (Wildman–Crippen LogP) is 4.52. The molecule has 0 radical (unpaired) electrons. The maximum absolute atomic E-state index is 13.7. The van der Waals surface area contributed by atoms with Gasteiger partial charge in [0.2, 0.25) is 0 Å². The summed E-state index contributed by atoms with van der Waals surface area (Å²) in [5.41, 5.74) is 0.969. The molecule has 1 aromatic carbocycles. The largest absolute Gasteiger partial charge is 0.483 e. The van der Waals surface area contributed by atoms with Crippen LogP contribution in [0.3, 0.4) is 0 Å². The summed E-state index contributed by atoms with van der Waals surface area (Å²) in [6.07, 6.45) is -2.32. The summed E-state index contributed by atoms with van der Waals surface area (Å²) in [5, 5.41) is 0. The topological polar surface area (TPSA) is 55.3 Å². The smallest absolute Gasteiger partial charge is 0.422 e. The Balaban J connectivity index is 1.74. The van der Waals surface area contributed by atoms with Gasteiger partial charge in [-0.1, -0.05) is 0 Å². The number of carbonyl (C=O) groups is 1. The van der Waals surface area contributed by atoms with Crippen molar-refractivity contribution in [3.8, 4) is 17.0 Å². The van der Waals surface area contributed by atoms with Gasteiger partial charge < -0.3 is 4.74 Å². The minimum atomic E-state index is -4.61. The standard InChI is InChI=1S/C20H12F5N3O2/c21-11-1-3-14(16(7-11)30-10-20(23,24)25)18-15-9-28(17-4-2-12(22)8-27-17)19(29)13(15)5-6-26-18/h1-8H,9-10H2. The molecule has 154 valence electrons. The number of anilines is 1. The summed E-state index contributed by atoms with van der Waals surface area (Å²) < 4.78 is 69.4. The number of ether oxygens (including phenoxy) is 1. The van der Waals surface area contributed by atoms with E-state index in [1.54, 1.807) is 0 Å². The second kappa shape index (κ2) is 7.36. The lowest BCUT2D eigenvalue weighted by atomic mass is 10.0. The first-order valence-corrected chi connectivity index (χ1v) is 8.64. The molecular formula is C20H12F5N3O2. The predicted molar refractivity (Wildman–Crippen MR) is 95.9 cm³/mol. The number of carbonyl (C=O) groups excluding carboxylic acids is 1. The second-order valence-corrected chi connectivity index (χ2v) is 6.46. The van der Waals surface area contributed by atoms with Crippen LogP contribution in [0, 0.1) is 11.6 Å². The van der Waals surface area contributed by atoms with Crippen molar-refractivity contribution in [2.24, 2.45) is 0 Å². The van der Waals surface area contributed by atoms with Gasteiger partial charge in [-0.05, 0) is 30.3 Å². The van der Waals surface area contributed by atoms with Crippen LogP contribution in [0.15, 0.2) is 48.8 Å². The van der Waals surface area contributed by atoms with Gasteiger partial charge in [-0.2, -0.15) is 13.2 Å². The highest BCUT2D eigenvalue weighted by Gasteiger charge is 2.33. The fraction of sp³-hybridized carbons (Fsp3) is 0.150. The lowest BCUT2D eigenvalue weighted by Crippen LogP contribution is -2.23. The van der Waals surface area contributed by atoms with Crippen molar-refractivity contribution >= 4 is 11.7 Å². The van der Waals surface area contributed by atoms with Gasteiger partial charge in [-0.25, -0.2) is 13.8 Å². The summed E-state index contributed by atoms with van der Waals surface area (Å²) in [4.78, 5) is 22.2. The number of benzene rings is 1. The number of amides is 1. The Hall–Kier alpha value is -3.56. The van der Waals surface area contributed by atoms with E-state index in [0.717, 1.165) is 24.4 Å². The fourth-order valence-electron chi connectivity index (χ4n) is 3.14. The quantitative estimate of drug-likeness (QED) is 0.582. The van der Waals surface area contributed by atoms with Crippen molar-refractivity contribution in [1.82, 2.24) is 9.97 Å². The molecule has 4 rings (SSSR count). The number of fused-ring (bicyclic) bond motifs is 1. The van der Waals surface area contributed by atoms with Crippen LogP contribution >= 0.6 is 0 Å². The number of hydrogen-bond donors (Lipinski definition) is 0. The monoisotopic (exact) mass is 421 g/mol. The van der Waals surface area contributed by atoms with Crippen LogP contribution in [0.5, 0.6) is 5.75 Å². The van der Waals surface area contributed by atoms with E-state index in [4.69, 9.17) is 4.74 Å². The minimum absolute atomic E-state index is 0.00601. The first-order chi connectivity index (χ1) is 14.2. The molecule has 3 aromatic rings. The Kier molecular flexibility index (Phi) is 4.84. The van der Waals surface area contributed by atoms with E-state index in [1.165, 1.54) is 29.3 Å². The number of pyridine rings is 2. The Morgan fingerprint density at radius 1 is 1.00 bits per heavy atom.